The largest absolute Gasteiger partial charge is 0.497 e. The van der Waals surface area contributed by atoms with E-state index in [1.807, 2.05) is 36.4 Å². The molecule has 2 aromatic carbocycles. The van der Waals surface area contributed by atoms with Crippen molar-refractivity contribution in [1.82, 2.24) is 10.4 Å². The maximum absolute atomic E-state index is 12.5. The Kier molecular flexibility index (Phi) is 5.15. The van der Waals surface area contributed by atoms with Crippen molar-refractivity contribution in [2.45, 2.75) is 18.4 Å². The summed E-state index contributed by atoms with van der Waals surface area (Å²) in [6.07, 6.45) is 3.56. The van der Waals surface area contributed by atoms with E-state index in [9.17, 15) is 4.79 Å². The fraction of sp³-hybridized carbons (Fsp3) is 0.286. The number of methoxy groups -OCH3 is 1. The lowest BCUT2D eigenvalue weighted by molar-refractivity contribution is -0.0634. The molecule has 0 bridgehead atoms. The Morgan fingerprint density at radius 1 is 1.21 bits per heavy atom. The van der Waals surface area contributed by atoms with Crippen molar-refractivity contribution in [3.63, 3.8) is 0 Å². The third-order valence-corrected chi connectivity index (χ3v) is 5.36. The van der Waals surface area contributed by atoms with E-state index in [0.717, 1.165) is 29.9 Å². The minimum atomic E-state index is -0.398. The molecular formula is C21H22ClN3O3. The molecule has 28 heavy (non-hydrogen) atoms. The van der Waals surface area contributed by atoms with Crippen LogP contribution in [0.1, 0.15) is 18.4 Å². The molecule has 4 rings (SSSR count). The van der Waals surface area contributed by atoms with Gasteiger partial charge in [-0.25, -0.2) is 4.79 Å². The van der Waals surface area contributed by atoms with Crippen molar-refractivity contribution in [2.24, 2.45) is 0 Å². The second-order valence-corrected chi connectivity index (χ2v) is 7.42. The number of piperidine rings is 1. The highest BCUT2D eigenvalue weighted by Crippen LogP contribution is 2.35. The molecule has 2 aromatic rings. The van der Waals surface area contributed by atoms with Gasteiger partial charge in [-0.1, -0.05) is 29.8 Å². The lowest BCUT2D eigenvalue weighted by Crippen LogP contribution is -2.48. The zero-order chi connectivity index (χ0) is 19.6. The minimum absolute atomic E-state index is 0.125. The summed E-state index contributed by atoms with van der Waals surface area (Å²) in [5, 5.41) is 3.49. The second kappa shape index (κ2) is 7.73. The van der Waals surface area contributed by atoms with E-state index in [0.29, 0.717) is 23.8 Å². The minimum Gasteiger partial charge on any atom is -0.497 e. The number of carbonyl (C=O) groups excluding carboxylic acids is 1. The Balaban J connectivity index is 1.39. The van der Waals surface area contributed by atoms with Gasteiger partial charge in [0.1, 0.15) is 11.4 Å². The van der Waals surface area contributed by atoms with Crippen molar-refractivity contribution < 1.29 is 14.4 Å². The normalized spacial score (nSPS) is 17.8. The molecular weight excluding hydrogens is 378 g/mol. The molecule has 2 aliphatic rings. The van der Waals surface area contributed by atoms with Gasteiger partial charge in [0.25, 0.3) is 0 Å². The molecule has 1 spiro atoms. The lowest BCUT2D eigenvalue weighted by atomic mass is 9.90. The number of amides is 2. The molecule has 0 aromatic heterocycles. The van der Waals surface area contributed by atoms with Gasteiger partial charge in [0.15, 0.2) is 0 Å². The van der Waals surface area contributed by atoms with Gasteiger partial charge in [0.05, 0.1) is 12.8 Å². The van der Waals surface area contributed by atoms with E-state index >= 15 is 0 Å². The van der Waals surface area contributed by atoms with Gasteiger partial charge in [0, 0.05) is 42.2 Å². The summed E-state index contributed by atoms with van der Waals surface area (Å²) in [5.41, 5.74) is 5.28. The van der Waals surface area contributed by atoms with Crippen molar-refractivity contribution in [1.29, 1.82) is 0 Å². The van der Waals surface area contributed by atoms with Crippen LogP contribution in [-0.4, -0.2) is 36.7 Å². The highest BCUT2D eigenvalue weighted by molar-refractivity contribution is 6.30. The monoisotopic (exact) mass is 399 g/mol. The van der Waals surface area contributed by atoms with Gasteiger partial charge in [-0.2, -0.15) is 0 Å². The fourth-order valence-corrected chi connectivity index (χ4v) is 3.71. The number of benzene rings is 2. The number of likely N-dealkylation sites (tertiary alicyclic amines) is 1. The molecule has 0 aliphatic carbocycles. The van der Waals surface area contributed by atoms with Crippen molar-refractivity contribution >= 4 is 29.0 Å². The Labute approximate surface area is 169 Å². The number of hydroxylamine groups is 1. The maximum Gasteiger partial charge on any atom is 0.321 e. The topological polar surface area (TPSA) is 62.8 Å². The molecule has 2 N–H and O–H groups in total. The zero-order valence-corrected chi connectivity index (χ0v) is 16.3. The fourth-order valence-electron chi connectivity index (χ4n) is 3.51. The summed E-state index contributed by atoms with van der Waals surface area (Å²) in [7, 11) is 1.65. The summed E-state index contributed by atoms with van der Waals surface area (Å²) in [6, 6.07) is 14.9. The van der Waals surface area contributed by atoms with Crippen LogP contribution in [0.5, 0.6) is 5.75 Å². The molecule has 0 radical (unpaired) electrons. The first kappa shape index (κ1) is 18.7. The SMILES string of the molecule is COc1cccc(C2=CC3(CCN(C(=O)Nc4cccc(Cl)c4)CC3)ON2)c1. The molecule has 146 valence electrons. The van der Waals surface area contributed by atoms with Gasteiger partial charge in [-0.15, -0.1) is 0 Å². The summed E-state index contributed by atoms with van der Waals surface area (Å²) in [5.74, 6) is 0.800. The molecule has 7 heteroatoms. The Morgan fingerprint density at radius 2 is 2.00 bits per heavy atom. The number of anilines is 1. The summed E-state index contributed by atoms with van der Waals surface area (Å²) >= 11 is 5.98. The van der Waals surface area contributed by atoms with Crippen LogP contribution in [0.15, 0.2) is 54.6 Å². The summed E-state index contributed by atoms with van der Waals surface area (Å²) in [6.45, 7) is 1.21. The van der Waals surface area contributed by atoms with Crippen LogP contribution in [0.4, 0.5) is 10.5 Å². The Hall–Kier alpha value is -2.70. The number of rotatable bonds is 3. The van der Waals surface area contributed by atoms with Crippen LogP contribution in [0.2, 0.25) is 5.02 Å². The third-order valence-electron chi connectivity index (χ3n) is 5.13. The first-order valence-electron chi connectivity index (χ1n) is 9.20. The van der Waals surface area contributed by atoms with Gasteiger partial charge >= 0.3 is 6.03 Å². The van der Waals surface area contributed by atoms with E-state index in [4.69, 9.17) is 21.2 Å². The quantitative estimate of drug-likeness (QED) is 0.808. The summed E-state index contributed by atoms with van der Waals surface area (Å²) in [4.78, 5) is 20.2. The van der Waals surface area contributed by atoms with Crippen LogP contribution in [0, 0.1) is 0 Å². The number of hydrogen-bond acceptors (Lipinski definition) is 4. The first-order chi connectivity index (χ1) is 13.6. The van der Waals surface area contributed by atoms with Crippen LogP contribution >= 0.6 is 11.6 Å². The lowest BCUT2D eigenvalue weighted by Gasteiger charge is -2.36. The number of nitrogens with one attached hydrogen (secondary N) is 2. The predicted molar refractivity (Wildman–Crippen MR) is 109 cm³/mol. The maximum atomic E-state index is 12.5. The van der Waals surface area contributed by atoms with Gasteiger partial charge < -0.3 is 15.0 Å². The Morgan fingerprint density at radius 3 is 2.75 bits per heavy atom. The Bertz CT molecular complexity index is 907. The predicted octanol–water partition coefficient (Wildman–Crippen LogP) is 4.29. The van der Waals surface area contributed by atoms with E-state index in [1.54, 1.807) is 24.1 Å². The van der Waals surface area contributed by atoms with Crippen LogP contribution in [0.3, 0.4) is 0 Å². The number of carbonyl (C=O) groups is 1. The molecule has 0 unspecified atom stereocenters. The van der Waals surface area contributed by atoms with Crippen LogP contribution in [-0.2, 0) is 4.84 Å². The number of halogens is 1. The molecule has 2 amide bonds. The number of ether oxygens (including phenoxy) is 1. The van der Waals surface area contributed by atoms with E-state index in [1.165, 1.54) is 0 Å². The van der Waals surface area contributed by atoms with Gasteiger partial charge in [0.2, 0.25) is 0 Å². The van der Waals surface area contributed by atoms with Gasteiger partial charge in [-0.3, -0.25) is 10.3 Å². The average Bonchev–Trinajstić information content (AvgIpc) is 3.12. The van der Waals surface area contributed by atoms with Crippen LogP contribution < -0.4 is 15.5 Å². The molecule has 0 atom stereocenters. The zero-order valence-electron chi connectivity index (χ0n) is 15.6. The molecule has 2 aliphatic heterocycles. The standard InChI is InChI=1S/C21H22ClN3O3/c1-27-18-7-2-4-15(12-18)19-14-21(28-24-19)8-10-25(11-9-21)20(26)23-17-6-3-5-16(22)13-17/h2-7,12-14,24H,8-11H2,1H3,(H,23,26). The van der Waals surface area contributed by atoms with E-state index in [-0.39, 0.29) is 6.03 Å². The number of urea groups is 1. The molecule has 6 nitrogen and oxygen atoms in total. The van der Waals surface area contributed by atoms with Crippen LogP contribution in [0.25, 0.3) is 5.70 Å². The van der Waals surface area contributed by atoms with Crippen molar-refractivity contribution in [3.05, 3.63) is 65.2 Å². The molecule has 1 fully saturated rings. The summed E-state index contributed by atoms with van der Waals surface area (Å²) < 4.78 is 5.29. The second-order valence-electron chi connectivity index (χ2n) is 6.99. The third kappa shape index (κ3) is 3.93. The average molecular weight is 400 g/mol. The highest BCUT2D eigenvalue weighted by atomic mass is 35.5. The van der Waals surface area contributed by atoms with E-state index in [2.05, 4.69) is 16.9 Å². The molecule has 1 saturated heterocycles. The van der Waals surface area contributed by atoms with E-state index < -0.39 is 5.60 Å². The number of hydrogen-bond donors (Lipinski definition) is 2. The smallest absolute Gasteiger partial charge is 0.321 e. The molecule has 0 saturated carbocycles. The van der Waals surface area contributed by atoms with Crippen molar-refractivity contribution in [3.8, 4) is 5.75 Å². The van der Waals surface area contributed by atoms with Crippen molar-refractivity contribution in [2.75, 3.05) is 25.5 Å². The first-order valence-corrected chi connectivity index (χ1v) is 9.57. The molecule has 2 heterocycles. The van der Waals surface area contributed by atoms with Gasteiger partial charge in [-0.05, 0) is 36.4 Å². The highest BCUT2D eigenvalue weighted by Gasteiger charge is 2.39. The number of nitrogens with zero attached hydrogens (tertiary/aromatic N) is 1.